The number of ether oxygens (including phenoxy) is 1. The van der Waals surface area contributed by atoms with E-state index in [0.29, 0.717) is 17.1 Å². The van der Waals surface area contributed by atoms with E-state index in [1.165, 1.54) is 33.6 Å². The molecular formula is C44H50N4O. The van der Waals surface area contributed by atoms with E-state index < -0.39 is 0 Å². The monoisotopic (exact) mass is 650 g/mol. The lowest BCUT2D eigenvalue weighted by Crippen LogP contribution is -2.44. The maximum Gasteiger partial charge on any atom is 0.137 e. The van der Waals surface area contributed by atoms with Gasteiger partial charge >= 0.3 is 0 Å². The van der Waals surface area contributed by atoms with Gasteiger partial charge in [0.2, 0.25) is 0 Å². The number of allylic oxidation sites excluding steroid dienone is 6. The first-order valence-corrected chi connectivity index (χ1v) is 18.0. The number of rotatable bonds is 4. The predicted octanol–water partition coefficient (Wildman–Crippen LogP) is 9.89. The average molecular weight is 651 g/mol. The Balaban J connectivity index is 1.24. The van der Waals surface area contributed by atoms with Crippen LogP contribution in [0.1, 0.15) is 114 Å². The highest BCUT2D eigenvalue weighted by Gasteiger charge is 2.41. The van der Waals surface area contributed by atoms with Crippen LogP contribution in [0.2, 0.25) is 0 Å². The molecule has 49 heavy (non-hydrogen) atoms. The molecule has 0 amide bonds. The molecule has 5 aliphatic rings. The van der Waals surface area contributed by atoms with Crippen LogP contribution in [0.3, 0.4) is 0 Å². The van der Waals surface area contributed by atoms with Crippen molar-refractivity contribution >= 4 is 23.5 Å². The third-order valence-corrected chi connectivity index (χ3v) is 12.1. The van der Waals surface area contributed by atoms with Crippen molar-refractivity contribution in [3.05, 3.63) is 105 Å². The highest BCUT2D eigenvalue weighted by Crippen LogP contribution is 2.51. The maximum atomic E-state index is 9.78. The zero-order valence-electron chi connectivity index (χ0n) is 30.6. The van der Waals surface area contributed by atoms with E-state index in [1.807, 2.05) is 12.2 Å². The summed E-state index contributed by atoms with van der Waals surface area (Å²) in [5.41, 5.74) is 11.8. The minimum absolute atomic E-state index is 0.0729. The van der Waals surface area contributed by atoms with Gasteiger partial charge in [0.25, 0.3) is 0 Å². The fourth-order valence-electron chi connectivity index (χ4n) is 8.48. The smallest absolute Gasteiger partial charge is 0.137 e. The van der Waals surface area contributed by atoms with Crippen molar-refractivity contribution in [1.82, 2.24) is 0 Å². The molecule has 0 saturated heterocycles. The number of hydrogen-bond acceptors (Lipinski definition) is 5. The van der Waals surface area contributed by atoms with Crippen molar-refractivity contribution in [1.29, 1.82) is 10.5 Å². The van der Waals surface area contributed by atoms with Crippen molar-refractivity contribution in [2.45, 2.75) is 103 Å². The third-order valence-electron chi connectivity index (χ3n) is 12.1. The molecule has 0 spiro atoms. The second kappa shape index (κ2) is 11.6. The predicted molar refractivity (Wildman–Crippen MR) is 201 cm³/mol. The van der Waals surface area contributed by atoms with E-state index in [1.54, 1.807) is 12.2 Å². The van der Waals surface area contributed by atoms with E-state index in [4.69, 9.17) is 4.74 Å². The molecule has 0 bridgehead atoms. The van der Waals surface area contributed by atoms with Crippen LogP contribution >= 0.6 is 0 Å². The lowest BCUT2D eigenvalue weighted by molar-refractivity contribution is 0.332. The van der Waals surface area contributed by atoms with E-state index >= 15 is 0 Å². The molecule has 2 aromatic rings. The Kier molecular flexibility index (Phi) is 7.79. The van der Waals surface area contributed by atoms with Crippen LogP contribution in [0, 0.1) is 22.7 Å². The molecule has 252 valence electrons. The van der Waals surface area contributed by atoms with Crippen LogP contribution < -0.4 is 9.80 Å². The molecule has 2 aromatic carbocycles. The van der Waals surface area contributed by atoms with Gasteiger partial charge in [-0.15, -0.1) is 0 Å². The maximum absolute atomic E-state index is 9.78. The van der Waals surface area contributed by atoms with Gasteiger partial charge in [-0.2, -0.15) is 10.5 Å². The summed E-state index contributed by atoms with van der Waals surface area (Å²) in [6.07, 6.45) is 16.4. The molecule has 5 nitrogen and oxygen atoms in total. The van der Waals surface area contributed by atoms with Crippen LogP contribution in [0.25, 0.3) is 12.2 Å². The molecule has 0 aromatic heterocycles. The summed E-state index contributed by atoms with van der Waals surface area (Å²) in [7, 11) is 0. The minimum atomic E-state index is 0.0729. The van der Waals surface area contributed by atoms with Gasteiger partial charge in [0.05, 0.1) is 0 Å². The van der Waals surface area contributed by atoms with Gasteiger partial charge in [-0.25, -0.2) is 0 Å². The first-order chi connectivity index (χ1) is 23.1. The van der Waals surface area contributed by atoms with Crippen LogP contribution in [-0.2, 0) is 26.4 Å². The molecule has 0 aliphatic carbocycles. The molecule has 5 heteroatoms. The normalized spacial score (nSPS) is 22.4. The molecule has 0 radical (unpaired) electrons. The van der Waals surface area contributed by atoms with Crippen molar-refractivity contribution in [2.75, 3.05) is 36.0 Å². The van der Waals surface area contributed by atoms with E-state index in [-0.39, 0.29) is 27.2 Å². The summed E-state index contributed by atoms with van der Waals surface area (Å²) < 4.78 is 6.44. The van der Waals surface area contributed by atoms with Crippen LogP contribution in [0.4, 0.5) is 11.4 Å². The summed E-state index contributed by atoms with van der Waals surface area (Å²) in [5, 5.41) is 19.6. The third kappa shape index (κ3) is 5.82. The molecule has 5 heterocycles. The van der Waals surface area contributed by atoms with Gasteiger partial charge in [0, 0.05) is 43.1 Å². The summed E-state index contributed by atoms with van der Waals surface area (Å²) >= 11 is 0. The highest BCUT2D eigenvalue weighted by atomic mass is 16.5. The van der Waals surface area contributed by atoms with Gasteiger partial charge in [-0.1, -0.05) is 67.5 Å². The summed E-state index contributed by atoms with van der Waals surface area (Å²) in [6, 6.07) is 13.6. The first kappa shape index (κ1) is 33.0. The van der Waals surface area contributed by atoms with Crippen molar-refractivity contribution in [3.8, 4) is 12.1 Å². The number of benzene rings is 2. The summed E-state index contributed by atoms with van der Waals surface area (Å²) in [5.74, 6) is 1.20. The Hall–Kier alpha value is -4.48. The quantitative estimate of drug-likeness (QED) is 0.308. The molecule has 0 atom stereocenters. The lowest BCUT2D eigenvalue weighted by atomic mass is 9.69. The lowest BCUT2D eigenvalue weighted by Gasteiger charge is -2.48. The van der Waals surface area contributed by atoms with Crippen molar-refractivity contribution in [2.24, 2.45) is 0 Å². The van der Waals surface area contributed by atoms with E-state index in [0.717, 1.165) is 63.0 Å². The SMILES string of the molecule is CC1(C)CCN2CCC(C)(C)c3cc(/C=C/C4=CC(=C(C#N)C#N)C=C(/C=C/c5cc6c7c(c5)C(C)(C)CCN7CCC6(C)C)O4)cc1c32. The van der Waals surface area contributed by atoms with E-state index in [9.17, 15) is 10.5 Å². The number of hydrogen-bond donors (Lipinski definition) is 0. The molecular weight excluding hydrogens is 601 g/mol. The average Bonchev–Trinajstić information content (AvgIpc) is 3.05. The Morgan fingerprint density at radius 3 is 1.20 bits per heavy atom. The molecule has 5 aliphatic heterocycles. The summed E-state index contributed by atoms with van der Waals surface area (Å²) in [6.45, 7) is 23.3. The topological polar surface area (TPSA) is 63.3 Å². The highest BCUT2D eigenvalue weighted by molar-refractivity contribution is 5.74. The molecule has 0 unspecified atom stereocenters. The van der Waals surface area contributed by atoms with Crippen molar-refractivity contribution in [3.63, 3.8) is 0 Å². The minimum Gasteiger partial charge on any atom is -0.457 e. The Morgan fingerprint density at radius 1 is 0.571 bits per heavy atom. The van der Waals surface area contributed by atoms with Gasteiger partial charge in [0.1, 0.15) is 29.2 Å². The molecule has 0 N–H and O–H groups in total. The van der Waals surface area contributed by atoms with Gasteiger partial charge in [-0.05, 0) is 129 Å². The molecule has 0 saturated carbocycles. The zero-order valence-corrected chi connectivity index (χ0v) is 30.6. The Morgan fingerprint density at radius 2 is 0.898 bits per heavy atom. The van der Waals surface area contributed by atoms with Gasteiger partial charge < -0.3 is 14.5 Å². The second-order valence-corrected chi connectivity index (χ2v) is 17.4. The Labute approximate surface area is 293 Å². The van der Waals surface area contributed by atoms with Crippen LogP contribution in [-0.4, -0.2) is 26.2 Å². The molecule has 0 fully saturated rings. The van der Waals surface area contributed by atoms with Crippen molar-refractivity contribution < 1.29 is 4.74 Å². The van der Waals surface area contributed by atoms with Gasteiger partial charge in [-0.3, -0.25) is 0 Å². The fourth-order valence-corrected chi connectivity index (χ4v) is 8.48. The van der Waals surface area contributed by atoms with Crippen LogP contribution in [0.15, 0.2) is 71.2 Å². The Bertz CT molecular complexity index is 1760. The number of nitriles is 2. The second-order valence-electron chi connectivity index (χ2n) is 17.4. The standard InChI is InChI=1S/C44H50N4O/c1-41(2)13-17-47-18-14-42(3,4)36-22-29(21-35(41)39(36)47)9-11-33-25-31(32(27-45)28-46)26-34(49-33)12-10-30-23-37-40-38(24-30)44(7,8)16-20-48(40)19-15-43(37,5)6/h9-12,21-26H,13-20H2,1-8H3/b11-9+,12-10+. The van der Waals surface area contributed by atoms with Crippen LogP contribution in [0.5, 0.6) is 0 Å². The molecule has 7 rings (SSSR count). The van der Waals surface area contributed by atoms with E-state index in [2.05, 4.69) is 114 Å². The largest absolute Gasteiger partial charge is 0.457 e. The number of nitrogens with zero attached hydrogens (tertiary/aromatic N) is 4. The zero-order chi connectivity index (χ0) is 34.9. The van der Waals surface area contributed by atoms with Gasteiger partial charge in [0.15, 0.2) is 0 Å². The number of anilines is 2. The first-order valence-electron chi connectivity index (χ1n) is 18.0. The summed E-state index contributed by atoms with van der Waals surface area (Å²) in [4.78, 5) is 5.17. The fraction of sp³-hybridized carbons (Fsp3) is 0.455.